The van der Waals surface area contributed by atoms with Crippen LogP contribution in [0.2, 0.25) is 0 Å². The molecule has 2 rings (SSSR count). The van der Waals surface area contributed by atoms with Gasteiger partial charge in [0.05, 0.1) is 14.2 Å². The second-order valence-electron chi connectivity index (χ2n) is 7.43. The molecule has 0 heterocycles. The highest BCUT2D eigenvalue weighted by Gasteiger charge is 2.01. The van der Waals surface area contributed by atoms with Crippen LogP contribution in [0.5, 0.6) is 11.5 Å². The molecule has 0 fully saturated rings. The van der Waals surface area contributed by atoms with Crippen LogP contribution in [-0.4, -0.2) is 32.6 Å². The van der Waals surface area contributed by atoms with Crippen molar-refractivity contribution in [2.75, 3.05) is 20.8 Å². The summed E-state index contributed by atoms with van der Waals surface area (Å²) >= 11 is 0. The zero-order chi connectivity index (χ0) is 23.6. The Balaban J connectivity index is 0.000000323. The Hall–Kier alpha value is -3.02. The minimum Gasteiger partial charge on any atom is -0.497 e. The average molecular weight is 443 g/mol. The van der Waals surface area contributed by atoms with Crippen molar-refractivity contribution in [3.05, 3.63) is 59.7 Å². The van der Waals surface area contributed by atoms with Gasteiger partial charge < -0.3 is 20.1 Å². The van der Waals surface area contributed by atoms with Crippen LogP contribution in [0.3, 0.4) is 0 Å². The summed E-state index contributed by atoms with van der Waals surface area (Å²) in [5, 5.41) is 5.78. The number of nitrogens with one attached hydrogen (secondary N) is 2. The fraction of sp³-hybridized carbons (Fsp3) is 0.462. The third kappa shape index (κ3) is 12.0. The zero-order valence-corrected chi connectivity index (χ0v) is 19.9. The maximum Gasteiger partial charge on any atom is 0.220 e. The van der Waals surface area contributed by atoms with Gasteiger partial charge in [-0.25, -0.2) is 0 Å². The van der Waals surface area contributed by atoms with Crippen LogP contribution in [0.15, 0.2) is 48.5 Å². The van der Waals surface area contributed by atoms with E-state index in [-0.39, 0.29) is 11.8 Å². The monoisotopic (exact) mass is 442 g/mol. The van der Waals surface area contributed by atoms with Crippen LogP contribution in [0, 0.1) is 0 Å². The van der Waals surface area contributed by atoms with Crippen LogP contribution in [0.4, 0.5) is 0 Å². The first-order valence-electron chi connectivity index (χ1n) is 11.3. The van der Waals surface area contributed by atoms with Crippen LogP contribution in [0.25, 0.3) is 0 Å². The van der Waals surface area contributed by atoms with E-state index in [0.29, 0.717) is 25.9 Å². The largest absolute Gasteiger partial charge is 0.497 e. The summed E-state index contributed by atoms with van der Waals surface area (Å²) in [6, 6.07) is 15.6. The maximum atomic E-state index is 11.4. The number of carbonyl (C=O) groups excluding carboxylic acids is 2. The summed E-state index contributed by atoms with van der Waals surface area (Å²) < 4.78 is 10.1. The highest BCUT2D eigenvalue weighted by Crippen LogP contribution is 2.12. The minimum absolute atomic E-state index is 0.105. The number of amides is 2. The molecule has 0 bridgehead atoms. The Labute approximate surface area is 192 Å². The Morgan fingerprint density at radius 1 is 0.719 bits per heavy atom. The second kappa shape index (κ2) is 16.6. The number of ether oxygens (including phenoxy) is 2. The molecule has 0 saturated heterocycles. The van der Waals surface area contributed by atoms with E-state index < -0.39 is 0 Å². The molecule has 6 nitrogen and oxygen atoms in total. The summed E-state index contributed by atoms with van der Waals surface area (Å²) in [5.41, 5.74) is 2.29. The Kier molecular flexibility index (Phi) is 14.1. The lowest BCUT2D eigenvalue weighted by Gasteiger charge is -2.05. The molecule has 2 aromatic carbocycles. The molecule has 176 valence electrons. The van der Waals surface area contributed by atoms with Crippen molar-refractivity contribution in [3.8, 4) is 11.5 Å². The normalized spacial score (nSPS) is 9.88. The molecule has 0 radical (unpaired) electrons. The fourth-order valence-corrected chi connectivity index (χ4v) is 2.82. The van der Waals surface area contributed by atoms with Crippen molar-refractivity contribution in [2.24, 2.45) is 0 Å². The van der Waals surface area contributed by atoms with Gasteiger partial charge in [0.2, 0.25) is 11.8 Å². The van der Waals surface area contributed by atoms with E-state index in [4.69, 9.17) is 9.47 Å². The number of hydrogen-bond donors (Lipinski definition) is 2. The molecule has 32 heavy (non-hydrogen) atoms. The summed E-state index contributed by atoms with van der Waals surface area (Å²) in [6.07, 6.45) is 5.01. The van der Waals surface area contributed by atoms with Crippen molar-refractivity contribution in [2.45, 2.75) is 58.9 Å². The van der Waals surface area contributed by atoms with Crippen molar-refractivity contribution in [3.63, 3.8) is 0 Å². The average Bonchev–Trinajstić information content (AvgIpc) is 2.83. The smallest absolute Gasteiger partial charge is 0.220 e. The van der Waals surface area contributed by atoms with Crippen LogP contribution < -0.4 is 20.1 Å². The first-order valence-corrected chi connectivity index (χ1v) is 11.3. The van der Waals surface area contributed by atoms with Crippen LogP contribution >= 0.6 is 0 Å². The predicted octanol–water partition coefficient (Wildman–Crippen LogP) is 4.66. The van der Waals surface area contributed by atoms with Gasteiger partial charge in [0.1, 0.15) is 11.5 Å². The Bertz CT molecular complexity index is 773. The fourth-order valence-electron chi connectivity index (χ4n) is 2.82. The molecule has 2 aromatic rings. The molecule has 0 atom stereocenters. The van der Waals surface area contributed by atoms with Gasteiger partial charge in [-0.3, -0.25) is 9.59 Å². The summed E-state index contributed by atoms with van der Waals surface area (Å²) in [4.78, 5) is 22.6. The molecule has 2 N–H and O–H groups in total. The van der Waals surface area contributed by atoms with E-state index in [0.717, 1.165) is 42.7 Å². The van der Waals surface area contributed by atoms with Gasteiger partial charge in [0.25, 0.3) is 0 Å². The second-order valence-corrected chi connectivity index (χ2v) is 7.43. The van der Waals surface area contributed by atoms with Gasteiger partial charge in [-0.1, -0.05) is 44.5 Å². The van der Waals surface area contributed by atoms with E-state index in [9.17, 15) is 9.59 Å². The van der Waals surface area contributed by atoms with Gasteiger partial charge in [0, 0.05) is 25.9 Å². The molecule has 0 aromatic heterocycles. The highest BCUT2D eigenvalue weighted by molar-refractivity contribution is 5.76. The van der Waals surface area contributed by atoms with Gasteiger partial charge in [0.15, 0.2) is 0 Å². The van der Waals surface area contributed by atoms with Crippen molar-refractivity contribution < 1.29 is 19.1 Å². The van der Waals surface area contributed by atoms with Gasteiger partial charge >= 0.3 is 0 Å². The zero-order valence-electron chi connectivity index (χ0n) is 19.9. The molecule has 6 heteroatoms. The molecule has 0 aliphatic rings. The first-order chi connectivity index (χ1) is 15.5. The molecule has 0 saturated carbocycles. The van der Waals surface area contributed by atoms with E-state index in [1.807, 2.05) is 55.5 Å². The number of hydrogen-bond acceptors (Lipinski definition) is 4. The standard InChI is InChI=1S/C14H21NO2.C12H17NO2/c1-3-4-5-14(16)15-11-10-12-6-8-13(17-2)9-7-12;1-3-4-12(14)13-9-10-5-7-11(15-2)8-6-10/h6-9H,3-5,10-11H2,1-2H3,(H,15,16);5-8H,3-4,9H2,1-2H3,(H,13,14). The molecule has 2 amide bonds. The third-order valence-corrected chi connectivity index (χ3v) is 4.78. The lowest BCUT2D eigenvalue weighted by molar-refractivity contribution is -0.122. The van der Waals surface area contributed by atoms with Crippen molar-refractivity contribution >= 4 is 11.8 Å². The SMILES string of the molecule is CCCC(=O)NCc1ccc(OC)cc1.CCCCC(=O)NCCc1ccc(OC)cc1. The number of unbranched alkanes of at least 4 members (excludes halogenated alkanes) is 1. The topological polar surface area (TPSA) is 76.7 Å². The number of carbonyl (C=O) groups is 2. The van der Waals surface area contributed by atoms with Crippen LogP contribution in [0.1, 0.15) is 57.1 Å². The third-order valence-electron chi connectivity index (χ3n) is 4.78. The highest BCUT2D eigenvalue weighted by atomic mass is 16.5. The molecule has 0 aliphatic heterocycles. The predicted molar refractivity (Wildman–Crippen MR) is 129 cm³/mol. The maximum absolute atomic E-state index is 11.4. The lowest BCUT2D eigenvalue weighted by Crippen LogP contribution is -2.25. The number of methoxy groups -OCH3 is 2. The molecular formula is C26H38N2O4. The van der Waals surface area contributed by atoms with Gasteiger partial charge in [-0.2, -0.15) is 0 Å². The molecule has 0 aliphatic carbocycles. The number of benzene rings is 2. The molecule has 0 spiro atoms. The van der Waals surface area contributed by atoms with Gasteiger partial charge in [-0.05, 0) is 54.7 Å². The van der Waals surface area contributed by atoms with E-state index in [1.165, 1.54) is 5.56 Å². The van der Waals surface area contributed by atoms with E-state index >= 15 is 0 Å². The molecular weight excluding hydrogens is 404 g/mol. The molecule has 0 unspecified atom stereocenters. The van der Waals surface area contributed by atoms with E-state index in [2.05, 4.69) is 17.6 Å². The van der Waals surface area contributed by atoms with Gasteiger partial charge in [-0.15, -0.1) is 0 Å². The van der Waals surface area contributed by atoms with Crippen molar-refractivity contribution in [1.82, 2.24) is 10.6 Å². The van der Waals surface area contributed by atoms with Crippen molar-refractivity contribution in [1.29, 1.82) is 0 Å². The Morgan fingerprint density at radius 2 is 1.25 bits per heavy atom. The summed E-state index contributed by atoms with van der Waals surface area (Å²) in [6.45, 7) is 5.37. The summed E-state index contributed by atoms with van der Waals surface area (Å²) in [5.74, 6) is 1.95. The summed E-state index contributed by atoms with van der Waals surface area (Å²) in [7, 11) is 3.29. The lowest BCUT2D eigenvalue weighted by atomic mass is 10.1. The number of rotatable bonds is 12. The minimum atomic E-state index is 0.105. The quantitative estimate of drug-likeness (QED) is 0.501. The van der Waals surface area contributed by atoms with Crippen LogP contribution in [-0.2, 0) is 22.6 Å². The Morgan fingerprint density at radius 3 is 1.75 bits per heavy atom. The van der Waals surface area contributed by atoms with E-state index in [1.54, 1.807) is 14.2 Å². The first kappa shape index (κ1) is 27.0.